The molecule has 0 aromatic heterocycles. The molecule has 0 unspecified atom stereocenters. The Kier molecular flexibility index (Phi) is 29.0. The third kappa shape index (κ3) is 49.8. The minimum absolute atomic E-state index is 0. The minimum Gasteiger partial charge on any atom is -2.00 e. The predicted octanol–water partition coefficient (Wildman–Crippen LogP) is 7.42. The number of hydrogen-bond donors (Lipinski definition) is 0. The second-order valence-corrected chi connectivity index (χ2v) is 30.7. The van der Waals surface area contributed by atoms with Crippen LogP contribution in [0.15, 0.2) is 0 Å². The van der Waals surface area contributed by atoms with Crippen LogP contribution in [0.4, 0.5) is 0 Å². The monoisotopic (exact) mass is 734 g/mol. The molecule has 2 rings (SSSR count). The van der Waals surface area contributed by atoms with Crippen molar-refractivity contribution in [2.24, 2.45) is 0 Å². The van der Waals surface area contributed by atoms with Gasteiger partial charge in [0.25, 0.3) is 0 Å². The predicted molar refractivity (Wildman–Crippen MR) is 142 cm³/mol. The maximum absolute atomic E-state index is 4.94. The summed E-state index contributed by atoms with van der Waals surface area (Å²) in [7, 11) is -4.42. The topological polar surface area (TPSA) is 104 Å². The van der Waals surface area contributed by atoms with E-state index >= 15 is 0 Å². The van der Waals surface area contributed by atoms with Gasteiger partial charge < -0.3 is 29.7 Å². The van der Waals surface area contributed by atoms with Crippen LogP contribution in [-0.4, -0.2) is 59.4 Å². The van der Waals surface area contributed by atoms with Crippen molar-refractivity contribution in [2.45, 2.75) is 104 Å². The van der Waals surface area contributed by atoms with E-state index in [0.717, 1.165) is 26.4 Å². The van der Waals surface area contributed by atoms with Crippen LogP contribution in [0, 0.1) is 31.1 Å². The van der Waals surface area contributed by atoms with Gasteiger partial charge in [-0.2, -0.15) is 0 Å². The van der Waals surface area contributed by atoms with Gasteiger partial charge in [0.2, 0.25) is 0 Å². The molecule has 0 aliphatic carbocycles. The molecule has 2 aliphatic rings. The summed E-state index contributed by atoms with van der Waals surface area (Å²) in [6.45, 7) is 31.6. The van der Waals surface area contributed by atoms with Gasteiger partial charge in [-0.25, -0.2) is 0 Å². The molecule has 2 saturated heterocycles. The fourth-order valence-corrected chi connectivity index (χ4v) is 19.1. The molecule has 31 heavy (non-hydrogen) atoms. The first-order valence-corrected chi connectivity index (χ1v) is 24.8. The van der Waals surface area contributed by atoms with Crippen LogP contribution in [0.2, 0.25) is 78.6 Å². The standard InChI is InChI=1S/2C6H18NSi2.2C4H8O.2O.U/c2*1-8(2,3)7-9(4,5)6;2*1-2-4-5-3-1;;;/h2*1-6H3;2*1-4H2;;;/q2*-1;;;2*-2;. The van der Waals surface area contributed by atoms with Crippen molar-refractivity contribution in [3.8, 4) is 0 Å². The minimum atomic E-state index is -1.11. The van der Waals surface area contributed by atoms with E-state index < -0.39 is 32.9 Å². The first-order valence-electron chi connectivity index (χ1n) is 11.0. The van der Waals surface area contributed by atoms with Crippen LogP contribution in [-0.2, 0) is 20.4 Å². The molecule has 0 bridgehead atoms. The number of ether oxygens (including phenoxy) is 2. The van der Waals surface area contributed by atoms with Gasteiger partial charge in [0, 0.05) is 57.5 Å². The molecule has 0 N–H and O–H groups in total. The Balaban J connectivity index is -0.0000000964. The van der Waals surface area contributed by atoms with E-state index in [0.29, 0.717) is 0 Å². The molecule has 0 atom stereocenters. The van der Waals surface area contributed by atoms with E-state index in [-0.39, 0.29) is 42.1 Å². The molecule has 0 radical (unpaired) electrons. The molecule has 2 aliphatic heterocycles. The van der Waals surface area contributed by atoms with Gasteiger partial charge in [-0.3, -0.25) is 0 Å². The molecule has 2 heterocycles. The van der Waals surface area contributed by atoms with Crippen molar-refractivity contribution < 1.29 is 51.5 Å². The summed E-state index contributed by atoms with van der Waals surface area (Å²) in [5.74, 6) is 0. The molecule has 2 fully saturated rings. The molecule has 0 aromatic rings. The van der Waals surface area contributed by atoms with Gasteiger partial charge in [-0.1, -0.05) is 112 Å². The van der Waals surface area contributed by atoms with Crippen LogP contribution in [0.1, 0.15) is 25.7 Å². The molecule has 0 spiro atoms. The van der Waals surface area contributed by atoms with Gasteiger partial charge >= 0.3 is 0 Å². The summed E-state index contributed by atoms with van der Waals surface area (Å²) in [5.41, 5.74) is 0. The van der Waals surface area contributed by atoms with Crippen molar-refractivity contribution in [3.05, 3.63) is 9.30 Å². The smallest absolute Gasteiger partial charge is 0.0466 e. The Labute approximate surface area is 223 Å². The Hall–Kier alpha value is 1.68. The Bertz CT molecular complexity index is 300. The average Bonchev–Trinajstić information content (AvgIpc) is 3.11. The summed E-state index contributed by atoms with van der Waals surface area (Å²) < 4.78 is 19.5. The van der Waals surface area contributed by atoms with E-state index in [9.17, 15) is 0 Å². The van der Waals surface area contributed by atoms with Crippen molar-refractivity contribution in [1.29, 1.82) is 0 Å². The van der Waals surface area contributed by atoms with E-state index in [2.05, 4.69) is 78.6 Å². The van der Waals surface area contributed by atoms with Crippen molar-refractivity contribution in [1.82, 2.24) is 0 Å². The van der Waals surface area contributed by atoms with E-state index in [4.69, 9.17) is 18.8 Å². The summed E-state index contributed by atoms with van der Waals surface area (Å²) in [5, 5.41) is 0. The Morgan fingerprint density at radius 1 is 0.419 bits per heavy atom. The third-order valence-electron chi connectivity index (χ3n) is 3.00. The van der Waals surface area contributed by atoms with Crippen LogP contribution in [0.25, 0.3) is 9.30 Å². The van der Waals surface area contributed by atoms with Gasteiger partial charge in [0.1, 0.15) is 0 Å². The van der Waals surface area contributed by atoms with Crippen LogP contribution >= 0.6 is 0 Å². The average molecular weight is 735 g/mol. The zero-order valence-electron chi connectivity index (χ0n) is 22.7. The van der Waals surface area contributed by atoms with Gasteiger partial charge in [0.05, 0.1) is 0 Å². The fourth-order valence-electron chi connectivity index (χ4n) is 3.03. The third-order valence-corrected chi connectivity index (χ3v) is 13.7. The number of hydrogen-bond acceptors (Lipinski definition) is 2. The van der Waals surface area contributed by atoms with Crippen molar-refractivity contribution >= 4 is 32.9 Å². The van der Waals surface area contributed by atoms with Crippen molar-refractivity contribution in [2.75, 3.05) is 26.4 Å². The summed E-state index contributed by atoms with van der Waals surface area (Å²) in [6, 6.07) is 0. The fraction of sp³-hybridized carbons (Fsp3) is 1.00. The Morgan fingerprint density at radius 2 is 0.581 bits per heavy atom. The van der Waals surface area contributed by atoms with E-state index in [1.165, 1.54) is 25.7 Å². The molecule has 6 nitrogen and oxygen atoms in total. The maximum atomic E-state index is 4.94. The first-order chi connectivity index (χ1) is 12.4. The quantitative estimate of drug-likeness (QED) is 0.281. The second-order valence-electron chi connectivity index (χ2n) is 11.5. The number of nitrogens with zero attached hydrogens (tertiary/aromatic N) is 2. The SMILES string of the molecule is C1CCOC1.C1CCOC1.C[Si](C)(C)[N-][Si](C)(C)C.C[Si](C)(C)[N-][Si](C)(C)C.[O-2].[O-2].[U]. The molecule has 0 saturated carbocycles. The largest absolute Gasteiger partial charge is 2.00 e. The zero-order chi connectivity index (χ0) is 22.5. The Morgan fingerprint density at radius 3 is 0.613 bits per heavy atom. The molecular formula is C20H52N2O4Si4U-6. The van der Waals surface area contributed by atoms with Gasteiger partial charge in [-0.15, -0.1) is 0 Å². The summed E-state index contributed by atoms with van der Waals surface area (Å²) >= 11 is 0. The van der Waals surface area contributed by atoms with Gasteiger partial charge in [-0.05, 0) is 25.7 Å². The molecule has 11 heteroatoms. The second kappa shape index (κ2) is 21.0. The zero-order valence-corrected chi connectivity index (χ0v) is 30.8. The maximum Gasteiger partial charge on any atom is 0.0466 e. The summed E-state index contributed by atoms with van der Waals surface area (Å²) in [4.78, 5) is 0. The van der Waals surface area contributed by atoms with Crippen LogP contribution in [0.5, 0.6) is 0 Å². The molecule has 0 aromatic carbocycles. The normalized spacial score (nSPS) is 15.9. The summed E-state index contributed by atoms with van der Waals surface area (Å²) in [6.07, 6.45) is 5.11. The number of rotatable bonds is 4. The molecule has 0 amide bonds. The molecule has 192 valence electrons. The first kappa shape index (κ1) is 42.8. The van der Waals surface area contributed by atoms with Crippen LogP contribution < -0.4 is 0 Å². The molecular weight excluding hydrogens is 683 g/mol. The van der Waals surface area contributed by atoms with E-state index in [1.54, 1.807) is 0 Å². The van der Waals surface area contributed by atoms with Gasteiger partial charge in [0.15, 0.2) is 0 Å². The van der Waals surface area contributed by atoms with Crippen molar-refractivity contribution in [3.63, 3.8) is 0 Å². The van der Waals surface area contributed by atoms with Crippen LogP contribution in [0.3, 0.4) is 0 Å². The van der Waals surface area contributed by atoms with E-state index in [1.807, 2.05) is 0 Å².